The maximum atomic E-state index is 13.7. The Kier molecular flexibility index (Phi) is 12.3. The van der Waals surface area contributed by atoms with Gasteiger partial charge in [0.2, 0.25) is 5.91 Å². The summed E-state index contributed by atoms with van der Waals surface area (Å²) in [4.78, 5) is 54.6. The maximum absolute atomic E-state index is 13.7. The molecule has 1 unspecified atom stereocenters. The molecular formula is C38H39N3O7S2. The molecule has 260 valence electrons. The Morgan fingerprint density at radius 2 is 1.76 bits per heavy atom. The summed E-state index contributed by atoms with van der Waals surface area (Å²) >= 11 is 2.74. The summed E-state index contributed by atoms with van der Waals surface area (Å²) in [6, 6.07) is 20.8. The average molecular weight is 714 g/mol. The SMILES string of the molecule is CCOC(=O)c1c(NC(=O)CSc2cccc(NC(=O)/C(=C\c3ccc(OC)cc3OC)NC(=O)c3ccccc3)c2)sc2c1CCC(C)C2. The van der Waals surface area contributed by atoms with Gasteiger partial charge >= 0.3 is 5.97 Å². The third kappa shape index (κ3) is 9.13. The van der Waals surface area contributed by atoms with Gasteiger partial charge in [-0.15, -0.1) is 23.1 Å². The second-order valence-corrected chi connectivity index (χ2v) is 13.7. The van der Waals surface area contributed by atoms with Crippen LogP contribution in [0.15, 0.2) is 83.4 Å². The van der Waals surface area contributed by atoms with Gasteiger partial charge in [-0.25, -0.2) is 4.79 Å². The van der Waals surface area contributed by atoms with E-state index in [1.54, 1.807) is 80.8 Å². The number of hydrogen-bond acceptors (Lipinski definition) is 9. The van der Waals surface area contributed by atoms with Gasteiger partial charge in [-0.2, -0.15) is 0 Å². The molecule has 0 bridgehead atoms. The number of hydrogen-bond donors (Lipinski definition) is 3. The van der Waals surface area contributed by atoms with E-state index in [0.29, 0.717) is 44.8 Å². The first-order valence-corrected chi connectivity index (χ1v) is 17.9. The van der Waals surface area contributed by atoms with E-state index in [2.05, 4.69) is 22.9 Å². The number of amides is 3. The molecule has 5 rings (SSSR count). The van der Waals surface area contributed by atoms with Crippen LogP contribution in [0.4, 0.5) is 10.7 Å². The Morgan fingerprint density at radius 3 is 2.50 bits per heavy atom. The zero-order valence-corrected chi connectivity index (χ0v) is 29.9. The Balaban J connectivity index is 1.30. The second-order valence-electron chi connectivity index (χ2n) is 11.6. The monoisotopic (exact) mass is 713 g/mol. The first-order chi connectivity index (χ1) is 24.2. The molecule has 0 spiro atoms. The molecule has 0 saturated carbocycles. The van der Waals surface area contributed by atoms with E-state index >= 15 is 0 Å². The van der Waals surface area contributed by atoms with Crippen molar-refractivity contribution in [3.05, 3.63) is 106 Å². The highest BCUT2D eigenvalue weighted by atomic mass is 32.2. The van der Waals surface area contributed by atoms with E-state index in [1.807, 2.05) is 6.07 Å². The van der Waals surface area contributed by atoms with E-state index in [-0.39, 0.29) is 24.0 Å². The topological polar surface area (TPSA) is 132 Å². The number of thiophene rings is 1. The van der Waals surface area contributed by atoms with Crippen molar-refractivity contribution < 1.29 is 33.4 Å². The summed E-state index contributed by atoms with van der Waals surface area (Å²) in [6.07, 6.45) is 4.17. The minimum absolute atomic E-state index is 0.00908. The molecule has 3 aromatic carbocycles. The van der Waals surface area contributed by atoms with Gasteiger partial charge in [-0.3, -0.25) is 14.4 Å². The lowest BCUT2D eigenvalue weighted by atomic mass is 9.88. The van der Waals surface area contributed by atoms with Gasteiger partial charge in [-0.05, 0) is 86.2 Å². The lowest BCUT2D eigenvalue weighted by molar-refractivity contribution is -0.114. The Bertz CT molecular complexity index is 1910. The quantitative estimate of drug-likeness (QED) is 0.0753. The zero-order valence-electron chi connectivity index (χ0n) is 28.3. The number of anilines is 2. The van der Waals surface area contributed by atoms with Crippen molar-refractivity contribution in [1.29, 1.82) is 0 Å². The largest absolute Gasteiger partial charge is 0.497 e. The molecule has 12 heteroatoms. The molecule has 10 nitrogen and oxygen atoms in total. The fraction of sp³-hybridized carbons (Fsp3) is 0.263. The molecule has 3 amide bonds. The van der Waals surface area contributed by atoms with E-state index in [4.69, 9.17) is 14.2 Å². The first-order valence-electron chi connectivity index (χ1n) is 16.1. The van der Waals surface area contributed by atoms with E-state index < -0.39 is 17.8 Å². The third-order valence-corrected chi connectivity index (χ3v) is 10.1. The van der Waals surface area contributed by atoms with Crippen LogP contribution >= 0.6 is 23.1 Å². The van der Waals surface area contributed by atoms with Crippen molar-refractivity contribution in [1.82, 2.24) is 5.32 Å². The highest BCUT2D eigenvalue weighted by Crippen LogP contribution is 2.40. The summed E-state index contributed by atoms with van der Waals surface area (Å²) in [5, 5.41) is 9.07. The van der Waals surface area contributed by atoms with Crippen molar-refractivity contribution in [2.24, 2.45) is 5.92 Å². The number of carbonyl (C=O) groups excluding carboxylic acids is 4. The number of carbonyl (C=O) groups is 4. The molecule has 0 aliphatic heterocycles. The van der Waals surface area contributed by atoms with Gasteiger partial charge in [0.1, 0.15) is 22.2 Å². The molecular weight excluding hydrogens is 675 g/mol. The predicted molar refractivity (Wildman–Crippen MR) is 197 cm³/mol. The van der Waals surface area contributed by atoms with Crippen molar-refractivity contribution in [2.75, 3.05) is 37.2 Å². The van der Waals surface area contributed by atoms with E-state index in [9.17, 15) is 19.2 Å². The number of methoxy groups -OCH3 is 2. The average Bonchev–Trinajstić information content (AvgIpc) is 3.47. The molecule has 50 heavy (non-hydrogen) atoms. The van der Waals surface area contributed by atoms with Crippen LogP contribution in [0.1, 0.15) is 57.0 Å². The van der Waals surface area contributed by atoms with Gasteiger partial charge < -0.3 is 30.2 Å². The van der Waals surface area contributed by atoms with Crippen molar-refractivity contribution in [3.63, 3.8) is 0 Å². The number of nitrogens with one attached hydrogen (secondary N) is 3. The van der Waals surface area contributed by atoms with Crippen molar-refractivity contribution in [2.45, 2.75) is 38.0 Å². The van der Waals surface area contributed by atoms with Crippen molar-refractivity contribution in [3.8, 4) is 11.5 Å². The standard InChI is InChI=1S/C38H39N3O7S2/c1-5-48-38(45)34-29-17-14-23(2)18-32(29)50-37(34)41-33(42)22-49-28-13-9-12-26(20-28)39-36(44)30(40-35(43)24-10-7-6-8-11-24)19-25-15-16-27(46-3)21-31(25)47-4/h6-13,15-16,19-21,23H,5,14,17-18,22H2,1-4H3,(H,39,44)(H,40,43)(H,41,42)/b30-19+. The maximum Gasteiger partial charge on any atom is 0.341 e. The highest BCUT2D eigenvalue weighted by Gasteiger charge is 2.29. The number of esters is 1. The van der Waals surface area contributed by atoms with Gasteiger partial charge in [0.15, 0.2) is 0 Å². The van der Waals surface area contributed by atoms with Crippen LogP contribution in [0.3, 0.4) is 0 Å². The Hall–Kier alpha value is -5.07. The third-order valence-electron chi connectivity index (χ3n) is 7.98. The molecule has 1 aliphatic carbocycles. The fourth-order valence-electron chi connectivity index (χ4n) is 5.47. The van der Waals surface area contributed by atoms with Crippen LogP contribution in [-0.2, 0) is 27.2 Å². The molecule has 1 atom stereocenters. The first kappa shape index (κ1) is 36.2. The summed E-state index contributed by atoms with van der Waals surface area (Å²) in [6.45, 7) is 4.20. The predicted octanol–water partition coefficient (Wildman–Crippen LogP) is 7.21. The van der Waals surface area contributed by atoms with Crippen LogP contribution < -0.4 is 25.4 Å². The second kappa shape index (κ2) is 17.0. The molecule has 1 heterocycles. The fourth-order valence-corrected chi connectivity index (χ4v) is 7.64. The van der Waals surface area contributed by atoms with E-state index in [1.165, 1.54) is 36.3 Å². The van der Waals surface area contributed by atoms with Crippen LogP contribution in [0.5, 0.6) is 11.5 Å². The number of rotatable bonds is 13. The molecule has 0 fully saturated rings. The number of benzene rings is 3. The van der Waals surface area contributed by atoms with Gasteiger partial charge in [-0.1, -0.05) is 31.2 Å². The van der Waals surface area contributed by atoms with E-state index in [0.717, 1.165) is 34.6 Å². The molecule has 1 aromatic heterocycles. The van der Waals surface area contributed by atoms with Crippen LogP contribution in [0.2, 0.25) is 0 Å². The minimum Gasteiger partial charge on any atom is -0.497 e. The van der Waals surface area contributed by atoms with Crippen LogP contribution in [-0.4, -0.2) is 50.3 Å². The minimum atomic E-state index is -0.561. The summed E-state index contributed by atoms with van der Waals surface area (Å²) in [7, 11) is 3.05. The summed E-state index contributed by atoms with van der Waals surface area (Å²) in [5.41, 5.74) is 2.84. The van der Waals surface area contributed by atoms with Gasteiger partial charge in [0.25, 0.3) is 11.8 Å². The molecule has 1 aliphatic rings. The smallest absolute Gasteiger partial charge is 0.341 e. The molecule has 3 N–H and O–H groups in total. The number of thioether (sulfide) groups is 1. The van der Waals surface area contributed by atoms with Gasteiger partial charge in [0, 0.05) is 32.7 Å². The highest BCUT2D eigenvalue weighted by molar-refractivity contribution is 8.00. The Labute approximate surface area is 299 Å². The van der Waals surface area contributed by atoms with Crippen LogP contribution in [0.25, 0.3) is 6.08 Å². The summed E-state index contributed by atoms with van der Waals surface area (Å²) < 4.78 is 16.1. The zero-order chi connectivity index (χ0) is 35.6. The molecule has 4 aromatic rings. The van der Waals surface area contributed by atoms with Crippen LogP contribution in [0, 0.1) is 5.92 Å². The normalized spacial score (nSPS) is 13.8. The lowest BCUT2D eigenvalue weighted by Gasteiger charge is -2.18. The molecule has 0 radical (unpaired) electrons. The molecule has 0 saturated heterocycles. The van der Waals surface area contributed by atoms with Crippen molar-refractivity contribution >= 4 is 63.6 Å². The number of fused-ring (bicyclic) bond motifs is 1. The number of ether oxygens (including phenoxy) is 3. The summed E-state index contributed by atoms with van der Waals surface area (Å²) in [5.74, 6) is -0.0733. The lowest BCUT2D eigenvalue weighted by Crippen LogP contribution is -2.30. The Morgan fingerprint density at radius 1 is 0.960 bits per heavy atom. The van der Waals surface area contributed by atoms with Gasteiger partial charge in [0.05, 0.1) is 32.1 Å².